The topological polar surface area (TPSA) is 49.4 Å². The van der Waals surface area contributed by atoms with Crippen LogP contribution in [0.15, 0.2) is 34.9 Å². The molecule has 0 aliphatic rings. The summed E-state index contributed by atoms with van der Waals surface area (Å²) in [5.41, 5.74) is 2.84. The maximum absolute atomic E-state index is 9.10. The molecule has 0 fully saturated rings. The van der Waals surface area contributed by atoms with Crippen molar-refractivity contribution < 1.29 is 9.15 Å². The van der Waals surface area contributed by atoms with Gasteiger partial charge in [0.15, 0.2) is 0 Å². The second kappa shape index (κ2) is 6.27. The molecule has 4 heteroatoms. The van der Waals surface area contributed by atoms with Crippen LogP contribution in [0.3, 0.4) is 0 Å². The maximum atomic E-state index is 9.10. The zero-order valence-corrected chi connectivity index (χ0v) is 12.0. The van der Waals surface area contributed by atoms with Crippen molar-refractivity contribution in [3.63, 3.8) is 0 Å². The molecule has 0 unspecified atom stereocenters. The average Bonchev–Trinajstić information content (AvgIpc) is 2.84. The van der Waals surface area contributed by atoms with Crippen molar-refractivity contribution in [2.24, 2.45) is 0 Å². The van der Waals surface area contributed by atoms with Crippen molar-refractivity contribution in [3.8, 4) is 11.8 Å². The first-order valence-corrected chi connectivity index (χ1v) is 6.42. The lowest BCUT2D eigenvalue weighted by molar-refractivity contribution is 0.316. The van der Waals surface area contributed by atoms with Crippen molar-refractivity contribution in [1.82, 2.24) is 4.90 Å². The van der Waals surface area contributed by atoms with Crippen LogP contribution in [-0.2, 0) is 13.1 Å². The number of ether oxygens (including phenoxy) is 1. The molecule has 20 heavy (non-hydrogen) atoms. The first-order valence-electron chi connectivity index (χ1n) is 6.42. The zero-order chi connectivity index (χ0) is 14.5. The largest absolute Gasteiger partial charge is 0.495 e. The van der Waals surface area contributed by atoms with Crippen LogP contribution < -0.4 is 4.74 Å². The summed E-state index contributed by atoms with van der Waals surface area (Å²) in [5, 5.41) is 9.10. The van der Waals surface area contributed by atoms with Crippen LogP contribution in [0.5, 0.6) is 5.75 Å². The van der Waals surface area contributed by atoms with E-state index in [4.69, 9.17) is 14.4 Å². The van der Waals surface area contributed by atoms with Crippen LogP contribution in [0, 0.1) is 18.3 Å². The molecular formula is C16H18N2O2. The number of rotatable bonds is 5. The second-order valence-electron chi connectivity index (χ2n) is 4.82. The predicted octanol–water partition coefficient (Wildman–Crippen LogP) is 3.10. The summed E-state index contributed by atoms with van der Waals surface area (Å²) in [6.07, 6.45) is 1.71. The zero-order valence-electron chi connectivity index (χ0n) is 12.0. The van der Waals surface area contributed by atoms with Crippen LogP contribution in [0.4, 0.5) is 0 Å². The van der Waals surface area contributed by atoms with Gasteiger partial charge in [-0.15, -0.1) is 0 Å². The highest BCUT2D eigenvalue weighted by molar-refractivity contribution is 5.45. The van der Waals surface area contributed by atoms with Crippen LogP contribution >= 0.6 is 0 Å². The van der Waals surface area contributed by atoms with Crippen molar-refractivity contribution in [2.75, 3.05) is 14.2 Å². The molecule has 2 aromatic rings. The van der Waals surface area contributed by atoms with E-state index in [1.807, 2.05) is 38.2 Å². The third kappa shape index (κ3) is 3.19. The highest BCUT2D eigenvalue weighted by atomic mass is 16.5. The van der Waals surface area contributed by atoms with E-state index in [1.54, 1.807) is 13.4 Å². The minimum Gasteiger partial charge on any atom is -0.495 e. The van der Waals surface area contributed by atoms with Crippen molar-refractivity contribution in [3.05, 3.63) is 53.0 Å². The molecule has 0 aliphatic carbocycles. The minimum atomic E-state index is 0.567. The molecule has 1 aromatic heterocycles. The quantitative estimate of drug-likeness (QED) is 0.837. The van der Waals surface area contributed by atoms with E-state index in [0.717, 1.165) is 24.4 Å². The Morgan fingerprint density at radius 1 is 1.30 bits per heavy atom. The second-order valence-corrected chi connectivity index (χ2v) is 4.82. The molecule has 0 amide bonds. The van der Waals surface area contributed by atoms with Gasteiger partial charge in [-0.1, -0.05) is 6.07 Å². The molecule has 0 radical (unpaired) electrons. The average molecular weight is 270 g/mol. The summed E-state index contributed by atoms with van der Waals surface area (Å²) in [7, 11) is 3.62. The third-order valence-electron chi connectivity index (χ3n) is 3.24. The number of nitrogens with zero attached hydrogens (tertiary/aromatic N) is 2. The molecule has 0 aliphatic heterocycles. The first-order chi connectivity index (χ1) is 9.63. The normalized spacial score (nSPS) is 10.6. The molecule has 1 aromatic carbocycles. The number of methoxy groups -OCH3 is 1. The van der Waals surface area contributed by atoms with E-state index >= 15 is 0 Å². The minimum absolute atomic E-state index is 0.567. The van der Waals surface area contributed by atoms with Crippen LogP contribution in [-0.4, -0.2) is 19.1 Å². The number of aryl methyl sites for hydroxylation is 1. The number of furan rings is 1. The van der Waals surface area contributed by atoms with Gasteiger partial charge in [-0.2, -0.15) is 5.26 Å². The summed E-state index contributed by atoms with van der Waals surface area (Å²) >= 11 is 0. The fourth-order valence-corrected chi connectivity index (χ4v) is 2.17. The number of hydrogen-bond acceptors (Lipinski definition) is 4. The van der Waals surface area contributed by atoms with Crippen molar-refractivity contribution in [2.45, 2.75) is 20.0 Å². The van der Waals surface area contributed by atoms with Crippen LogP contribution in [0.25, 0.3) is 0 Å². The number of hydrogen-bond donors (Lipinski definition) is 0. The van der Waals surface area contributed by atoms with Crippen LogP contribution in [0.1, 0.15) is 22.5 Å². The number of benzene rings is 1. The first kappa shape index (κ1) is 14.2. The van der Waals surface area contributed by atoms with E-state index in [1.165, 1.54) is 5.56 Å². The third-order valence-corrected chi connectivity index (χ3v) is 3.24. The van der Waals surface area contributed by atoms with E-state index in [-0.39, 0.29) is 0 Å². The van der Waals surface area contributed by atoms with Gasteiger partial charge in [0.05, 0.1) is 18.9 Å². The summed E-state index contributed by atoms with van der Waals surface area (Å²) in [6.45, 7) is 3.55. The van der Waals surface area contributed by atoms with E-state index < -0.39 is 0 Å². The van der Waals surface area contributed by atoms with E-state index in [9.17, 15) is 0 Å². The van der Waals surface area contributed by atoms with Gasteiger partial charge in [0.1, 0.15) is 17.6 Å². The smallest absolute Gasteiger partial charge is 0.136 e. The molecule has 0 N–H and O–H groups in total. The summed E-state index contributed by atoms with van der Waals surface area (Å²) in [5.74, 6) is 1.56. The van der Waals surface area contributed by atoms with Gasteiger partial charge < -0.3 is 9.15 Å². The molecule has 104 valence electrons. The highest BCUT2D eigenvalue weighted by Gasteiger charge is 2.08. The molecule has 0 saturated carbocycles. The fraction of sp³-hybridized carbons (Fsp3) is 0.312. The van der Waals surface area contributed by atoms with Gasteiger partial charge in [0.2, 0.25) is 0 Å². The monoisotopic (exact) mass is 270 g/mol. The Morgan fingerprint density at radius 3 is 2.70 bits per heavy atom. The van der Waals surface area contributed by atoms with Gasteiger partial charge in [-0.25, -0.2) is 0 Å². The molecular weight excluding hydrogens is 252 g/mol. The maximum Gasteiger partial charge on any atom is 0.136 e. The number of nitriles is 1. The summed E-state index contributed by atoms with van der Waals surface area (Å²) in [6, 6.07) is 9.84. The Balaban J connectivity index is 2.06. The summed E-state index contributed by atoms with van der Waals surface area (Å²) < 4.78 is 10.4. The molecule has 0 spiro atoms. The molecule has 0 atom stereocenters. The van der Waals surface area contributed by atoms with Gasteiger partial charge in [-0.3, -0.25) is 4.90 Å². The summed E-state index contributed by atoms with van der Waals surface area (Å²) in [4.78, 5) is 2.18. The molecule has 1 heterocycles. The Morgan fingerprint density at radius 2 is 2.10 bits per heavy atom. The van der Waals surface area contributed by atoms with Crippen LogP contribution in [0.2, 0.25) is 0 Å². The lowest BCUT2D eigenvalue weighted by Crippen LogP contribution is -2.17. The lowest BCUT2D eigenvalue weighted by Gasteiger charge is -2.16. The van der Waals surface area contributed by atoms with Gasteiger partial charge in [0, 0.05) is 18.7 Å². The SMILES string of the molecule is COc1ccc(CN(C)Cc2ccoc2C)cc1C#N. The van der Waals surface area contributed by atoms with Gasteiger partial charge >= 0.3 is 0 Å². The Bertz CT molecular complexity index is 626. The Kier molecular flexibility index (Phi) is 4.44. The standard InChI is InChI=1S/C16H18N2O2/c1-12-14(6-7-20-12)11-18(2)10-13-4-5-16(19-3)15(8-13)9-17/h4-8H,10-11H2,1-3H3. The van der Waals surface area contributed by atoms with E-state index in [0.29, 0.717) is 11.3 Å². The highest BCUT2D eigenvalue weighted by Crippen LogP contribution is 2.20. The van der Waals surface area contributed by atoms with Crippen molar-refractivity contribution in [1.29, 1.82) is 5.26 Å². The molecule has 0 bridgehead atoms. The van der Waals surface area contributed by atoms with Gasteiger partial charge in [-0.05, 0) is 37.7 Å². The fourth-order valence-electron chi connectivity index (χ4n) is 2.17. The lowest BCUT2D eigenvalue weighted by atomic mass is 10.1. The molecule has 4 nitrogen and oxygen atoms in total. The molecule has 0 saturated heterocycles. The van der Waals surface area contributed by atoms with Gasteiger partial charge in [0.25, 0.3) is 0 Å². The van der Waals surface area contributed by atoms with E-state index in [2.05, 4.69) is 11.0 Å². The Hall–Kier alpha value is -2.25. The predicted molar refractivity (Wildman–Crippen MR) is 76.3 cm³/mol. The molecule has 2 rings (SSSR count). The van der Waals surface area contributed by atoms with Crippen molar-refractivity contribution >= 4 is 0 Å². The Labute approximate surface area is 119 Å².